The van der Waals surface area contributed by atoms with Gasteiger partial charge in [0.1, 0.15) is 0 Å². The quantitative estimate of drug-likeness (QED) is 0.765. The van der Waals surface area contributed by atoms with E-state index < -0.39 is 19.1 Å². The summed E-state index contributed by atoms with van der Waals surface area (Å²) < 4.78 is 28.9. The van der Waals surface area contributed by atoms with Crippen LogP contribution >= 0.6 is 11.6 Å². The van der Waals surface area contributed by atoms with E-state index in [9.17, 15) is 13.9 Å². The van der Waals surface area contributed by atoms with Crippen LogP contribution < -0.4 is 5.32 Å². The highest BCUT2D eigenvalue weighted by molar-refractivity contribution is 6.30. The summed E-state index contributed by atoms with van der Waals surface area (Å²) in [6, 6.07) is 7.15. The average molecular weight is 280 g/mol. The Hall–Kier alpha value is -0.750. The van der Waals surface area contributed by atoms with Crippen molar-refractivity contribution in [2.75, 3.05) is 19.7 Å². The molecule has 0 aliphatic heterocycles. The first kappa shape index (κ1) is 15.3. The molecule has 1 atom stereocenters. The predicted molar refractivity (Wildman–Crippen MR) is 66.0 cm³/mol. The molecule has 0 aliphatic carbocycles. The van der Waals surface area contributed by atoms with E-state index in [4.69, 9.17) is 16.3 Å². The Kier molecular flexibility index (Phi) is 7.12. The first-order valence-corrected chi connectivity index (χ1v) is 5.95. The Bertz CT molecular complexity index is 335. The SMILES string of the molecule is OC(CNCC(F)F)COCc1ccc(Cl)cc1. The molecule has 0 fully saturated rings. The van der Waals surface area contributed by atoms with Crippen molar-refractivity contribution >= 4 is 11.6 Å². The molecule has 0 saturated carbocycles. The smallest absolute Gasteiger partial charge is 0.250 e. The second-order valence-electron chi connectivity index (χ2n) is 3.84. The minimum atomic E-state index is -2.41. The van der Waals surface area contributed by atoms with E-state index in [1.807, 2.05) is 12.1 Å². The Morgan fingerprint density at radius 1 is 1.22 bits per heavy atom. The minimum absolute atomic E-state index is 0.0883. The van der Waals surface area contributed by atoms with Crippen LogP contribution in [0.4, 0.5) is 8.78 Å². The van der Waals surface area contributed by atoms with Crippen LogP contribution in [0, 0.1) is 0 Å². The van der Waals surface area contributed by atoms with Gasteiger partial charge in [-0.25, -0.2) is 8.78 Å². The Balaban J connectivity index is 2.11. The molecule has 0 spiro atoms. The molecule has 0 saturated heterocycles. The fraction of sp³-hybridized carbons (Fsp3) is 0.500. The van der Waals surface area contributed by atoms with Crippen LogP contribution in [-0.4, -0.2) is 37.3 Å². The zero-order valence-electron chi connectivity index (χ0n) is 9.78. The number of hydrogen-bond donors (Lipinski definition) is 2. The van der Waals surface area contributed by atoms with Crippen LogP contribution in [0.2, 0.25) is 5.02 Å². The molecule has 0 heterocycles. The molecule has 2 N–H and O–H groups in total. The molecule has 6 heteroatoms. The van der Waals surface area contributed by atoms with E-state index in [1.165, 1.54) is 0 Å². The Morgan fingerprint density at radius 3 is 2.50 bits per heavy atom. The van der Waals surface area contributed by atoms with Gasteiger partial charge < -0.3 is 15.2 Å². The first-order chi connectivity index (χ1) is 8.58. The van der Waals surface area contributed by atoms with Crippen LogP contribution in [0.1, 0.15) is 5.56 Å². The molecule has 1 rings (SSSR count). The van der Waals surface area contributed by atoms with Crippen molar-refractivity contribution in [1.29, 1.82) is 0 Å². The zero-order valence-corrected chi connectivity index (χ0v) is 10.5. The standard InChI is InChI=1S/C12H16ClF2NO2/c13-10-3-1-9(2-4-10)7-18-8-11(17)5-16-6-12(14)15/h1-4,11-12,16-17H,5-8H2. The molecule has 0 amide bonds. The van der Waals surface area contributed by atoms with E-state index in [-0.39, 0.29) is 13.2 Å². The second kappa shape index (κ2) is 8.37. The van der Waals surface area contributed by atoms with Gasteiger partial charge >= 0.3 is 0 Å². The van der Waals surface area contributed by atoms with Crippen LogP contribution in [-0.2, 0) is 11.3 Å². The Morgan fingerprint density at radius 2 is 1.89 bits per heavy atom. The van der Waals surface area contributed by atoms with Crippen molar-refractivity contribution in [3.05, 3.63) is 34.9 Å². The third kappa shape index (κ3) is 6.86. The highest BCUT2D eigenvalue weighted by Crippen LogP contribution is 2.10. The molecule has 0 bridgehead atoms. The van der Waals surface area contributed by atoms with Gasteiger partial charge in [0.2, 0.25) is 0 Å². The Labute approximate surface area is 110 Å². The van der Waals surface area contributed by atoms with Crippen molar-refractivity contribution in [1.82, 2.24) is 5.32 Å². The van der Waals surface area contributed by atoms with E-state index >= 15 is 0 Å². The molecule has 102 valence electrons. The van der Waals surface area contributed by atoms with Gasteiger partial charge in [-0.15, -0.1) is 0 Å². The third-order valence-corrected chi connectivity index (χ3v) is 2.42. The van der Waals surface area contributed by atoms with Crippen molar-refractivity contribution < 1.29 is 18.6 Å². The number of aliphatic hydroxyl groups excluding tert-OH is 1. The van der Waals surface area contributed by atoms with Gasteiger partial charge in [-0.3, -0.25) is 0 Å². The van der Waals surface area contributed by atoms with Gasteiger partial charge in [0.05, 0.1) is 25.9 Å². The molecular formula is C12H16ClF2NO2. The van der Waals surface area contributed by atoms with Crippen molar-refractivity contribution in [2.45, 2.75) is 19.1 Å². The van der Waals surface area contributed by atoms with Gasteiger partial charge in [0.25, 0.3) is 6.43 Å². The summed E-state index contributed by atoms with van der Waals surface area (Å²) in [4.78, 5) is 0. The van der Waals surface area contributed by atoms with Crippen molar-refractivity contribution in [2.24, 2.45) is 0 Å². The van der Waals surface area contributed by atoms with Crippen molar-refractivity contribution in [3.8, 4) is 0 Å². The summed E-state index contributed by atoms with van der Waals surface area (Å²) in [6.45, 7) is 0.112. The summed E-state index contributed by atoms with van der Waals surface area (Å²) in [7, 11) is 0. The molecule has 0 radical (unpaired) electrons. The van der Waals surface area contributed by atoms with Crippen molar-refractivity contribution in [3.63, 3.8) is 0 Å². The maximum Gasteiger partial charge on any atom is 0.250 e. The molecule has 0 aliphatic rings. The summed E-state index contributed by atoms with van der Waals surface area (Å²) in [6.07, 6.45) is -3.21. The van der Waals surface area contributed by atoms with E-state index in [0.29, 0.717) is 11.6 Å². The lowest BCUT2D eigenvalue weighted by atomic mass is 10.2. The maximum atomic E-state index is 11.8. The highest BCUT2D eigenvalue weighted by atomic mass is 35.5. The van der Waals surface area contributed by atoms with E-state index in [0.717, 1.165) is 5.56 Å². The van der Waals surface area contributed by atoms with Crippen LogP contribution in [0.5, 0.6) is 0 Å². The number of alkyl halides is 2. The lowest BCUT2D eigenvalue weighted by molar-refractivity contribution is 0.0266. The average Bonchev–Trinajstić information content (AvgIpc) is 2.31. The molecule has 1 aromatic carbocycles. The van der Waals surface area contributed by atoms with Gasteiger partial charge in [0.15, 0.2) is 0 Å². The van der Waals surface area contributed by atoms with E-state index in [2.05, 4.69) is 5.32 Å². The lowest BCUT2D eigenvalue weighted by Crippen LogP contribution is -2.33. The maximum absolute atomic E-state index is 11.8. The number of rotatable bonds is 8. The highest BCUT2D eigenvalue weighted by Gasteiger charge is 2.06. The fourth-order valence-electron chi connectivity index (χ4n) is 1.31. The summed E-state index contributed by atoms with van der Waals surface area (Å²) >= 11 is 5.73. The normalized spacial score (nSPS) is 12.9. The van der Waals surface area contributed by atoms with Gasteiger partial charge in [-0.05, 0) is 17.7 Å². The predicted octanol–water partition coefficient (Wildman–Crippen LogP) is 2.07. The van der Waals surface area contributed by atoms with Gasteiger partial charge in [-0.1, -0.05) is 23.7 Å². The number of ether oxygens (including phenoxy) is 1. The van der Waals surface area contributed by atoms with E-state index in [1.54, 1.807) is 12.1 Å². The second-order valence-corrected chi connectivity index (χ2v) is 4.28. The fourth-order valence-corrected chi connectivity index (χ4v) is 1.44. The van der Waals surface area contributed by atoms with Crippen LogP contribution in [0.25, 0.3) is 0 Å². The summed E-state index contributed by atoms with van der Waals surface area (Å²) in [5, 5.41) is 12.5. The summed E-state index contributed by atoms with van der Waals surface area (Å²) in [5.41, 5.74) is 0.937. The number of nitrogens with one attached hydrogen (secondary N) is 1. The monoisotopic (exact) mass is 279 g/mol. The van der Waals surface area contributed by atoms with Gasteiger partial charge in [-0.2, -0.15) is 0 Å². The largest absolute Gasteiger partial charge is 0.389 e. The number of hydrogen-bond acceptors (Lipinski definition) is 3. The minimum Gasteiger partial charge on any atom is -0.389 e. The first-order valence-electron chi connectivity index (χ1n) is 5.57. The number of halogens is 3. The zero-order chi connectivity index (χ0) is 13.4. The topological polar surface area (TPSA) is 41.5 Å². The molecule has 0 aromatic heterocycles. The summed E-state index contributed by atoms with van der Waals surface area (Å²) in [5.74, 6) is 0. The number of aliphatic hydroxyl groups is 1. The lowest BCUT2D eigenvalue weighted by Gasteiger charge is -2.12. The molecule has 1 aromatic rings. The molecule has 18 heavy (non-hydrogen) atoms. The molecule has 1 unspecified atom stereocenters. The molecule has 3 nitrogen and oxygen atoms in total. The van der Waals surface area contributed by atoms with Gasteiger partial charge in [0, 0.05) is 11.6 Å². The third-order valence-electron chi connectivity index (χ3n) is 2.17. The van der Waals surface area contributed by atoms with Crippen LogP contribution in [0.15, 0.2) is 24.3 Å². The molecular weight excluding hydrogens is 264 g/mol. The van der Waals surface area contributed by atoms with Crippen LogP contribution in [0.3, 0.4) is 0 Å². The number of benzene rings is 1.